The maximum atomic E-state index is 13.0. The van der Waals surface area contributed by atoms with Crippen LogP contribution in [0.25, 0.3) is 10.8 Å². The van der Waals surface area contributed by atoms with E-state index in [0.717, 1.165) is 5.39 Å². The van der Waals surface area contributed by atoms with E-state index in [9.17, 15) is 18.0 Å². The maximum Gasteiger partial charge on any atom is 0.244 e. The normalized spacial score (nSPS) is 19.8. The number of nitrogens with zero attached hydrogens (tertiary/aromatic N) is 1. The van der Waals surface area contributed by atoms with Gasteiger partial charge in [0.2, 0.25) is 16.4 Å². The molecule has 1 unspecified atom stereocenters. The molecule has 0 bridgehead atoms. The quantitative estimate of drug-likeness (QED) is 0.846. The van der Waals surface area contributed by atoms with Crippen LogP contribution in [0.2, 0.25) is 0 Å². The van der Waals surface area contributed by atoms with E-state index in [0.29, 0.717) is 24.6 Å². The molecular weight excluding hydrogens is 328 g/mol. The molecule has 1 atom stereocenters. The van der Waals surface area contributed by atoms with Gasteiger partial charge in [-0.15, -0.1) is 0 Å². The van der Waals surface area contributed by atoms with Crippen molar-refractivity contribution in [3.8, 4) is 0 Å². The monoisotopic (exact) mass is 346 g/mol. The fraction of sp³-hybridized carbons (Fsp3) is 0.294. The van der Waals surface area contributed by atoms with Crippen molar-refractivity contribution in [1.82, 2.24) is 9.62 Å². The number of rotatable bonds is 4. The zero-order valence-electron chi connectivity index (χ0n) is 13.0. The number of fused-ring (bicyclic) bond motifs is 1. The number of hydrogen-bond donors (Lipinski definition) is 1. The lowest BCUT2D eigenvalue weighted by molar-refractivity contribution is -0.123. The first-order valence-corrected chi connectivity index (χ1v) is 9.18. The zero-order valence-corrected chi connectivity index (χ0v) is 13.8. The van der Waals surface area contributed by atoms with Gasteiger partial charge in [-0.1, -0.05) is 36.4 Å². The molecule has 1 amide bonds. The fourth-order valence-corrected chi connectivity index (χ4v) is 4.68. The van der Waals surface area contributed by atoms with E-state index in [2.05, 4.69) is 5.32 Å². The van der Waals surface area contributed by atoms with Crippen LogP contribution >= 0.6 is 0 Å². The van der Waals surface area contributed by atoms with Crippen molar-refractivity contribution >= 4 is 33.0 Å². The van der Waals surface area contributed by atoms with Crippen molar-refractivity contribution in [2.24, 2.45) is 0 Å². The third kappa shape index (κ3) is 3.05. The Labute approximate surface area is 140 Å². The number of ketones is 1. The van der Waals surface area contributed by atoms with Gasteiger partial charge in [-0.25, -0.2) is 8.42 Å². The van der Waals surface area contributed by atoms with Crippen LogP contribution in [0.4, 0.5) is 0 Å². The van der Waals surface area contributed by atoms with E-state index in [1.54, 1.807) is 24.3 Å². The van der Waals surface area contributed by atoms with Crippen molar-refractivity contribution in [3.05, 3.63) is 42.5 Å². The van der Waals surface area contributed by atoms with Crippen LogP contribution in [0.15, 0.2) is 47.4 Å². The minimum absolute atomic E-state index is 0.204. The highest BCUT2D eigenvalue weighted by atomic mass is 32.2. The Balaban J connectivity index is 1.98. The Morgan fingerprint density at radius 3 is 2.67 bits per heavy atom. The standard InChI is InChI=1S/C17H18N2O4S/c20-12-18-15-8-4-10-19(11-16(15)21)24(22,23)17-9-3-6-13-5-1-2-7-14(13)17/h1-3,5-7,9,12,15H,4,8,10-11H2,(H,18,20). The molecule has 1 N–H and O–H groups in total. The number of carbonyl (C=O) groups excluding carboxylic acids is 2. The van der Waals surface area contributed by atoms with E-state index in [-0.39, 0.29) is 23.8 Å². The van der Waals surface area contributed by atoms with Gasteiger partial charge in [0.1, 0.15) is 0 Å². The molecule has 3 rings (SSSR count). The summed E-state index contributed by atoms with van der Waals surface area (Å²) < 4.78 is 27.3. The molecule has 24 heavy (non-hydrogen) atoms. The first-order chi connectivity index (χ1) is 11.5. The number of sulfonamides is 1. The van der Waals surface area contributed by atoms with Crippen LogP contribution < -0.4 is 5.32 Å². The molecule has 6 nitrogen and oxygen atoms in total. The molecule has 1 aliphatic rings. The molecule has 126 valence electrons. The van der Waals surface area contributed by atoms with Gasteiger partial charge < -0.3 is 5.32 Å². The Morgan fingerprint density at radius 2 is 1.88 bits per heavy atom. The molecule has 2 aromatic rings. The lowest BCUT2D eigenvalue weighted by Crippen LogP contribution is -2.41. The van der Waals surface area contributed by atoms with Crippen LogP contribution in [0, 0.1) is 0 Å². The van der Waals surface area contributed by atoms with Crippen LogP contribution in [-0.4, -0.2) is 44.0 Å². The average molecular weight is 346 g/mol. The highest BCUT2D eigenvalue weighted by Crippen LogP contribution is 2.26. The number of benzene rings is 2. The number of amides is 1. The largest absolute Gasteiger partial charge is 0.349 e. The van der Waals surface area contributed by atoms with Gasteiger partial charge in [0, 0.05) is 11.9 Å². The summed E-state index contributed by atoms with van der Waals surface area (Å²) in [5, 5.41) is 3.94. The molecule has 0 radical (unpaired) electrons. The van der Waals surface area contributed by atoms with Gasteiger partial charge in [-0.05, 0) is 24.3 Å². The zero-order chi connectivity index (χ0) is 17.2. The van der Waals surface area contributed by atoms with Crippen molar-refractivity contribution < 1.29 is 18.0 Å². The van der Waals surface area contributed by atoms with Gasteiger partial charge in [0.15, 0.2) is 5.78 Å². The number of Topliss-reactive ketones (excluding diaryl/α,β-unsaturated/α-hetero) is 1. The molecule has 0 aliphatic carbocycles. The summed E-state index contributed by atoms with van der Waals surface area (Å²) in [4.78, 5) is 23.0. The summed E-state index contributed by atoms with van der Waals surface area (Å²) in [5.41, 5.74) is 0. The van der Waals surface area contributed by atoms with Gasteiger partial charge >= 0.3 is 0 Å². The molecule has 1 fully saturated rings. The van der Waals surface area contributed by atoms with Crippen molar-refractivity contribution in [2.45, 2.75) is 23.8 Å². The second kappa shape index (κ2) is 6.70. The Kier molecular flexibility index (Phi) is 4.64. The second-order valence-corrected chi connectivity index (χ2v) is 7.67. The SMILES string of the molecule is O=CNC1CCCN(S(=O)(=O)c2cccc3ccccc23)CC1=O. The molecule has 0 saturated carbocycles. The molecular formula is C17H18N2O4S. The van der Waals surface area contributed by atoms with E-state index < -0.39 is 16.1 Å². The van der Waals surface area contributed by atoms with E-state index in [4.69, 9.17) is 0 Å². The second-order valence-electron chi connectivity index (χ2n) is 5.76. The third-order valence-electron chi connectivity index (χ3n) is 4.26. The van der Waals surface area contributed by atoms with E-state index >= 15 is 0 Å². The molecule has 1 saturated heterocycles. The summed E-state index contributed by atoms with van der Waals surface area (Å²) in [6.07, 6.45) is 1.44. The first-order valence-electron chi connectivity index (χ1n) is 7.74. The number of hydrogen-bond acceptors (Lipinski definition) is 4. The summed E-state index contributed by atoms with van der Waals surface area (Å²) in [6.45, 7) is 0.0331. The van der Waals surface area contributed by atoms with Crippen molar-refractivity contribution in [1.29, 1.82) is 0 Å². The lowest BCUT2D eigenvalue weighted by Gasteiger charge is -2.20. The fourth-order valence-electron chi connectivity index (χ4n) is 3.02. The van der Waals surface area contributed by atoms with Gasteiger partial charge in [0.25, 0.3) is 0 Å². The van der Waals surface area contributed by atoms with Crippen molar-refractivity contribution in [3.63, 3.8) is 0 Å². The van der Waals surface area contributed by atoms with Gasteiger partial charge in [-0.3, -0.25) is 9.59 Å². The van der Waals surface area contributed by atoms with Gasteiger partial charge in [0.05, 0.1) is 17.5 Å². The topological polar surface area (TPSA) is 83.6 Å². The van der Waals surface area contributed by atoms with Crippen LogP contribution in [0.1, 0.15) is 12.8 Å². The Morgan fingerprint density at radius 1 is 1.12 bits per heavy atom. The highest BCUT2D eigenvalue weighted by molar-refractivity contribution is 7.89. The lowest BCUT2D eigenvalue weighted by atomic mass is 10.1. The van der Waals surface area contributed by atoms with Crippen LogP contribution in [0.5, 0.6) is 0 Å². The third-order valence-corrected chi connectivity index (χ3v) is 6.16. The molecule has 1 heterocycles. The molecule has 7 heteroatoms. The van der Waals surface area contributed by atoms with E-state index in [1.807, 2.05) is 18.2 Å². The summed E-state index contributed by atoms with van der Waals surface area (Å²) in [6, 6.07) is 11.8. The predicted molar refractivity (Wildman–Crippen MR) is 89.9 cm³/mol. The van der Waals surface area contributed by atoms with Gasteiger partial charge in [-0.2, -0.15) is 4.31 Å². The Bertz CT molecular complexity index is 874. The predicted octanol–water partition coefficient (Wildman–Crippen LogP) is 1.31. The highest BCUT2D eigenvalue weighted by Gasteiger charge is 2.32. The molecule has 2 aromatic carbocycles. The number of nitrogens with one attached hydrogen (secondary N) is 1. The first kappa shape index (κ1) is 16.6. The minimum atomic E-state index is -3.79. The average Bonchev–Trinajstić information content (AvgIpc) is 2.77. The summed E-state index contributed by atoms with van der Waals surface area (Å²) in [7, 11) is -3.79. The molecule has 1 aliphatic heterocycles. The Hall–Kier alpha value is -2.25. The summed E-state index contributed by atoms with van der Waals surface area (Å²) in [5.74, 6) is -0.289. The maximum absolute atomic E-state index is 13.0. The molecule has 0 aromatic heterocycles. The van der Waals surface area contributed by atoms with Crippen LogP contribution in [-0.2, 0) is 19.6 Å². The van der Waals surface area contributed by atoms with Crippen LogP contribution in [0.3, 0.4) is 0 Å². The smallest absolute Gasteiger partial charge is 0.244 e. The minimum Gasteiger partial charge on any atom is -0.349 e. The number of carbonyl (C=O) groups is 2. The van der Waals surface area contributed by atoms with E-state index in [1.165, 1.54) is 4.31 Å². The van der Waals surface area contributed by atoms with Crippen molar-refractivity contribution in [2.75, 3.05) is 13.1 Å². The molecule has 0 spiro atoms. The summed E-state index contributed by atoms with van der Waals surface area (Å²) >= 11 is 0.